The molecule has 2 aromatic carbocycles. The van der Waals surface area contributed by atoms with Crippen molar-refractivity contribution in [2.75, 3.05) is 12.9 Å². The Morgan fingerprint density at radius 1 is 1.28 bits per heavy atom. The first kappa shape index (κ1) is 21.8. The van der Waals surface area contributed by atoms with Gasteiger partial charge in [-0.25, -0.2) is 0 Å². The molecule has 1 fully saturated rings. The van der Waals surface area contributed by atoms with Gasteiger partial charge in [-0.15, -0.1) is 11.8 Å². The van der Waals surface area contributed by atoms with E-state index in [9.17, 15) is 23.1 Å². The molecule has 0 aromatic heterocycles. The maximum atomic E-state index is 12.7. The zero-order chi connectivity index (χ0) is 21.2. The summed E-state index contributed by atoms with van der Waals surface area (Å²) in [6, 6.07) is 10.2. The van der Waals surface area contributed by atoms with Crippen molar-refractivity contribution in [1.82, 2.24) is 0 Å². The summed E-state index contributed by atoms with van der Waals surface area (Å²) in [5.74, 6) is -1.47. The minimum atomic E-state index is -4.52. The Balaban J connectivity index is 2.05. The Bertz CT molecular complexity index is 880. The molecule has 0 saturated heterocycles. The van der Waals surface area contributed by atoms with Gasteiger partial charge in [0.05, 0.1) is 10.9 Å². The Labute approximate surface area is 176 Å². The van der Waals surface area contributed by atoms with E-state index < -0.39 is 24.7 Å². The monoisotopic (exact) mass is 444 g/mol. The van der Waals surface area contributed by atoms with Gasteiger partial charge in [0.15, 0.2) is 6.61 Å². The average Bonchev–Trinajstić information content (AvgIpc) is 3.48. The Morgan fingerprint density at radius 3 is 2.45 bits per heavy atom. The van der Waals surface area contributed by atoms with Crippen LogP contribution in [-0.4, -0.2) is 30.1 Å². The Kier molecular flexibility index (Phi) is 6.69. The van der Waals surface area contributed by atoms with E-state index in [2.05, 4.69) is 0 Å². The molecule has 1 saturated carbocycles. The van der Waals surface area contributed by atoms with Crippen LogP contribution in [-0.2, 0) is 4.79 Å². The number of alkyl halides is 3. The van der Waals surface area contributed by atoms with Crippen LogP contribution in [0.2, 0.25) is 5.02 Å². The molecule has 1 aliphatic carbocycles. The lowest BCUT2D eigenvalue weighted by Crippen LogP contribution is -2.20. The third kappa shape index (κ3) is 5.82. The fourth-order valence-electron chi connectivity index (χ4n) is 3.17. The van der Waals surface area contributed by atoms with E-state index in [0.29, 0.717) is 29.0 Å². The van der Waals surface area contributed by atoms with Crippen LogP contribution in [0.5, 0.6) is 5.75 Å². The summed E-state index contributed by atoms with van der Waals surface area (Å²) in [4.78, 5) is 12.8. The number of thioether (sulfide) groups is 1. The van der Waals surface area contributed by atoms with E-state index in [-0.39, 0.29) is 10.8 Å². The van der Waals surface area contributed by atoms with Crippen molar-refractivity contribution < 1.29 is 27.8 Å². The highest BCUT2D eigenvalue weighted by atomic mass is 35.5. The minimum absolute atomic E-state index is 0.0299. The summed E-state index contributed by atoms with van der Waals surface area (Å²) in [5.41, 5.74) is 1.43. The predicted molar refractivity (Wildman–Crippen MR) is 108 cm³/mol. The predicted octanol–water partition coefficient (Wildman–Crippen LogP) is 6.64. The lowest BCUT2D eigenvalue weighted by atomic mass is 9.90. The van der Waals surface area contributed by atoms with E-state index in [1.807, 2.05) is 18.4 Å². The maximum absolute atomic E-state index is 12.7. The molecule has 3 nitrogen and oxygen atoms in total. The van der Waals surface area contributed by atoms with Crippen molar-refractivity contribution in [2.45, 2.75) is 36.3 Å². The van der Waals surface area contributed by atoms with Gasteiger partial charge in [0.1, 0.15) is 5.75 Å². The van der Waals surface area contributed by atoms with Gasteiger partial charge < -0.3 is 9.84 Å². The third-order valence-corrected chi connectivity index (χ3v) is 5.84. The summed E-state index contributed by atoms with van der Waals surface area (Å²) in [5, 5.41) is 9.65. The molecule has 0 spiro atoms. The van der Waals surface area contributed by atoms with E-state index >= 15 is 0 Å². The van der Waals surface area contributed by atoms with Crippen molar-refractivity contribution in [3.05, 3.63) is 47.0 Å². The fourth-order valence-corrected chi connectivity index (χ4v) is 3.86. The zero-order valence-corrected chi connectivity index (χ0v) is 17.2. The fraction of sp³-hybridized carbons (Fsp3) is 0.381. The molecule has 1 aliphatic rings. The first-order valence-electron chi connectivity index (χ1n) is 9.08. The van der Waals surface area contributed by atoms with E-state index in [0.717, 1.165) is 17.7 Å². The van der Waals surface area contributed by atoms with Crippen LogP contribution >= 0.6 is 23.4 Å². The van der Waals surface area contributed by atoms with Gasteiger partial charge in [0.25, 0.3) is 0 Å². The normalized spacial score (nSPS) is 15.2. The highest BCUT2D eigenvalue weighted by Gasteiger charge is 2.32. The van der Waals surface area contributed by atoms with Crippen molar-refractivity contribution >= 4 is 29.3 Å². The van der Waals surface area contributed by atoms with Gasteiger partial charge >= 0.3 is 12.1 Å². The topological polar surface area (TPSA) is 46.5 Å². The third-order valence-electron chi connectivity index (χ3n) is 4.81. The van der Waals surface area contributed by atoms with Crippen LogP contribution in [0.25, 0.3) is 11.1 Å². The number of carbonyl (C=O) groups is 1. The summed E-state index contributed by atoms with van der Waals surface area (Å²) in [6.07, 6.45) is -0.128. The number of ether oxygens (including phenoxy) is 1. The summed E-state index contributed by atoms with van der Waals surface area (Å²) in [7, 11) is 0. The SMILES string of the molecule is CSc1ccc(-c2cc([C@@H](CC3CC3)C(=O)O)cc(Cl)c2OCC(F)(F)F)cc1. The van der Waals surface area contributed by atoms with Gasteiger partial charge in [0.2, 0.25) is 0 Å². The maximum Gasteiger partial charge on any atom is 0.422 e. The number of hydrogen-bond acceptors (Lipinski definition) is 3. The molecule has 1 atom stereocenters. The number of carboxylic acids is 1. The molecule has 0 heterocycles. The number of benzene rings is 2. The quantitative estimate of drug-likeness (QED) is 0.464. The standard InChI is InChI=1S/C21H20ClF3O3S/c1-29-15-6-4-13(5-7-15)16-9-14(17(20(26)27)8-12-2-3-12)10-18(22)19(16)28-11-21(23,24)25/h4-7,9-10,12,17H,2-3,8,11H2,1H3,(H,26,27)/t17-/m1/s1. The number of hydrogen-bond donors (Lipinski definition) is 1. The zero-order valence-electron chi connectivity index (χ0n) is 15.6. The molecule has 2 aromatic rings. The Morgan fingerprint density at radius 2 is 1.93 bits per heavy atom. The molecular formula is C21H20ClF3O3S. The van der Waals surface area contributed by atoms with Crippen molar-refractivity contribution in [3.8, 4) is 16.9 Å². The molecule has 0 bridgehead atoms. The lowest BCUT2D eigenvalue weighted by molar-refractivity contribution is -0.153. The molecule has 0 aliphatic heterocycles. The summed E-state index contributed by atoms with van der Waals surface area (Å²) in [6.45, 7) is -1.48. The van der Waals surface area contributed by atoms with Crippen LogP contribution in [0.4, 0.5) is 13.2 Å². The van der Waals surface area contributed by atoms with Crippen LogP contribution in [0, 0.1) is 5.92 Å². The van der Waals surface area contributed by atoms with Crippen LogP contribution in [0.3, 0.4) is 0 Å². The van der Waals surface area contributed by atoms with Gasteiger partial charge in [-0.3, -0.25) is 4.79 Å². The smallest absolute Gasteiger partial charge is 0.422 e. The van der Waals surface area contributed by atoms with Gasteiger partial charge in [-0.1, -0.05) is 36.6 Å². The van der Waals surface area contributed by atoms with Crippen molar-refractivity contribution in [1.29, 1.82) is 0 Å². The summed E-state index contributed by atoms with van der Waals surface area (Å²) < 4.78 is 43.2. The summed E-state index contributed by atoms with van der Waals surface area (Å²) >= 11 is 7.82. The molecular weight excluding hydrogens is 425 g/mol. The van der Waals surface area contributed by atoms with Gasteiger partial charge in [-0.2, -0.15) is 13.2 Å². The molecule has 3 rings (SSSR count). The highest BCUT2D eigenvalue weighted by Crippen LogP contribution is 2.44. The van der Waals surface area contributed by atoms with Crippen LogP contribution < -0.4 is 4.74 Å². The first-order valence-corrected chi connectivity index (χ1v) is 10.7. The number of rotatable bonds is 8. The molecule has 0 amide bonds. The molecule has 0 unspecified atom stereocenters. The average molecular weight is 445 g/mol. The number of halogens is 4. The molecule has 8 heteroatoms. The largest absolute Gasteiger partial charge is 0.482 e. The second kappa shape index (κ2) is 8.88. The number of carboxylic acid groups (broad SMARTS) is 1. The van der Waals surface area contributed by atoms with Gasteiger partial charge in [0, 0.05) is 10.5 Å². The van der Waals surface area contributed by atoms with Gasteiger partial charge in [-0.05, 0) is 54.0 Å². The minimum Gasteiger partial charge on any atom is -0.482 e. The molecule has 1 N–H and O–H groups in total. The van der Waals surface area contributed by atoms with E-state index in [4.69, 9.17) is 16.3 Å². The van der Waals surface area contributed by atoms with E-state index in [1.165, 1.54) is 17.8 Å². The second-order valence-corrected chi connectivity index (χ2v) is 8.37. The van der Waals surface area contributed by atoms with E-state index in [1.54, 1.807) is 18.2 Å². The molecule has 29 heavy (non-hydrogen) atoms. The molecule has 156 valence electrons. The lowest BCUT2D eigenvalue weighted by Gasteiger charge is -2.19. The first-order chi connectivity index (χ1) is 13.7. The highest BCUT2D eigenvalue weighted by molar-refractivity contribution is 7.98. The number of aliphatic carboxylic acids is 1. The van der Waals surface area contributed by atoms with Crippen LogP contribution in [0.15, 0.2) is 41.3 Å². The second-order valence-electron chi connectivity index (χ2n) is 7.08. The van der Waals surface area contributed by atoms with Crippen molar-refractivity contribution in [3.63, 3.8) is 0 Å². The Hall–Kier alpha value is -1.86. The van der Waals surface area contributed by atoms with Crippen LogP contribution in [0.1, 0.15) is 30.7 Å². The van der Waals surface area contributed by atoms with Crippen molar-refractivity contribution in [2.24, 2.45) is 5.92 Å². The molecule has 0 radical (unpaired) electrons.